The molecule has 15 heavy (non-hydrogen) atoms. The largest absolute Gasteiger partial charge is 0.491 e. The van der Waals surface area contributed by atoms with Crippen LogP contribution in [0.4, 0.5) is 0 Å². The molecule has 1 saturated heterocycles. The molecular weight excluding hydrogens is 192 g/mol. The predicted octanol–water partition coefficient (Wildman–Crippen LogP) is 1.91. The molecule has 1 aliphatic heterocycles. The molecule has 0 bridgehead atoms. The lowest BCUT2D eigenvalue weighted by atomic mass is 10.1. The average Bonchev–Trinajstić information content (AvgIpc) is 3.10. The molecule has 3 nitrogen and oxygen atoms in total. The van der Waals surface area contributed by atoms with Crippen molar-refractivity contribution in [3.8, 4) is 5.75 Å². The molecule has 2 rings (SSSR count). The molecule has 3 heteroatoms. The Morgan fingerprint density at radius 2 is 2.13 bits per heavy atom. The molecule has 0 amide bonds. The van der Waals surface area contributed by atoms with E-state index in [4.69, 9.17) is 9.47 Å². The van der Waals surface area contributed by atoms with E-state index < -0.39 is 0 Å². The van der Waals surface area contributed by atoms with Crippen molar-refractivity contribution in [1.29, 1.82) is 0 Å². The monoisotopic (exact) mass is 208 g/mol. The van der Waals surface area contributed by atoms with Crippen molar-refractivity contribution < 1.29 is 14.6 Å². The smallest absolute Gasteiger partial charge is 0.119 e. The zero-order chi connectivity index (χ0) is 10.7. The Labute approximate surface area is 89.6 Å². The van der Waals surface area contributed by atoms with Crippen LogP contribution in [0.15, 0.2) is 24.3 Å². The van der Waals surface area contributed by atoms with Crippen LogP contribution < -0.4 is 4.74 Å². The van der Waals surface area contributed by atoms with Crippen molar-refractivity contribution >= 4 is 0 Å². The summed E-state index contributed by atoms with van der Waals surface area (Å²) in [6.07, 6.45) is 0.646. The van der Waals surface area contributed by atoms with Gasteiger partial charge in [0.1, 0.15) is 18.5 Å². The summed E-state index contributed by atoms with van der Waals surface area (Å²) in [6, 6.07) is 7.57. The highest BCUT2D eigenvalue weighted by Gasteiger charge is 2.22. The van der Waals surface area contributed by atoms with E-state index in [2.05, 4.69) is 0 Å². The second-order valence-corrected chi connectivity index (χ2v) is 3.76. The van der Waals surface area contributed by atoms with Gasteiger partial charge in [0.2, 0.25) is 0 Å². The first-order valence-electron chi connectivity index (χ1n) is 5.32. The van der Waals surface area contributed by atoms with Gasteiger partial charge in [-0.1, -0.05) is 19.1 Å². The van der Waals surface area contributed by atoms with Gasteiger partial charge in [-0.25, -0.2) is 0 Å². The molecule has 0 aliphatic carbocycles. The fourth-order valence-electron chi connectivity index (χ4n) is 1.38. The van der Waals surface area contributed by atoms with Crippen molar-refractivity contribution in [2.24, 2.45) is 0 Å². The fourth-order valence-corrected chi connectivity index (χ4v) is 1.38. The van der Waals surface area contributed by atoms with E-state index in [1.54, 1.807) is 0 Å². The topological polar surface area (TPSA) is 42.0 Å². The van der Waals surface area contributed by atoms with Crippen LogP contribution in [-0.2, 0) is 4.74 Å². The molecule has 1 fully saturated rings. The molecule has 0 aromatic heterocycles. The molecule has 1 aromatic rings. The van der Waals surface area contributed by atoms with Crippen molar-refractivity contribution in [2.75, 3.05) is 13.2 Å². The van der Waals surface area contributed by atoms with Crippen LogP contribution in [0.2, 0.25) is 0 Å². The zero-order valence-corrected chi connectivity index (χ0v) is 8.85. The number of epoxide rings is 1. The standard InChI is InChI=1S/C12H16O3/c1-2-12(13)9-3-5-10(6-4-9)14-7-11-8-15-11/h3-6,11-13H,2,7-8H2,1H3. The summed E-state index contributed by atoms with van der Waals surface area (Å²) < 4.78 is 10.5. The maximum atomic E-state index is 9.59. The van der Waals surface area contributed by atoms with Crippen LogP contribution in [0.3, 0.4) is 0 Å². The van der Waals surface area contributed by atoms with Gasteiger partial charge in [-0.2, -0.15) is 0 Å². The van der Waals surface area contributed by atoms with Gasteiger partial charge in [-0.05, 0) is 24.1 Å². The van der Waals surface area contributed by atoms with Crippen LogP contribution in [0.5, 0.6) is 5.75 Å². The lowest BCUT2D eigenvalue weighted by molar-refractivity contribution is 0.173. The van der Waals surface area contributed by atoms with E-state index in [1.807, 2.05) is 31.2 Å². The summed E-state index contributed by atoms with van der Waals surface area (Å²) in [6.45, 7) is 3.39. The summed E-state index contributed by atoms with van der Waals surface area (Å²) in [7, 11) is 0. The van der Waals surface area contributed by atoms with Crippen LogP contribution in [0.1, 0.15) is 25.0 Å². The number of ether oxygens (including phenoxy) is 2. The van der Waals surface area contributed by atoms with Gasteiger partial charge >= 0.3 is 0 Å². The van der Waals surface area contributed by atoms with E-state index in [0.29, 0.717) is 6.61 Å². The van der Waals surface area contributed by atoms with E-state index in [1.165, 1.54) is 0 Å². The van der Waals surface area contributed by atoms with Crippen molar-refractivity contribution in [2.45, 2.75) is 25.6 Å². The van der Waals surface area contributed by atoms with E-state index in [-0.39, 0.29) is 12.2 Å². The third-order valence-electron chi connectivity index (χ3n) is 2.49. The molecule has 0 saturated carbocycles. The van der Waals surface area contributed by atoms with E-state index in [0.717, 1.165) is 24.3 Å². The Bertz CT molecular complexity index is 303. The van der Waals surface area contributed by atoms with E-state index >= 15 is 0 Å². The first-order chi connectivity index (χ1) is 7.29. The Morgan fingerprint density at radius 3 is 2.67 bits per heavy atom. The minimum atomic E-state index is -0.370. The minimum Gasteiger partial charge on any atom is -0.491 e. The normalized spacial score (nSPS) is 21.1. The maximum absolute atomic E-state index is 9.59. The first-order valence-corrected chi connectivity index (χ1v) is 5.32. The Balaban J connectivity index is 1.90. The van der Waals surface area contributed by atoms with Crippen molar-refractivity contribution in [3.05, 3.63) is 29.8 Å². The highest BCUT2D eigenvalue weighted by atomic mass is 16.6. The molecule has 0 spiro atoms. The SMILES string of the molecule is CCC(O)c1ccc(OCC2CO2)cc1. The molecule has 1 aliphatic rings. The summed E-state index contributed by atoms with van der Waals surface area (Å²) in [4.78, 5) is 0. The predicted molar refractivity (Wildman–Crippen MR) is 56.9 cm³/mol. The third kappa shape index (κ3) is 2.94. The number of benzene rings is 1. The lowest BCUT2D eigenvalue weighted by Crippen LogP contribution is -2.04. The van der Waals surface area contributed by atoms with Crippen LogP contribution in [-0.4, -0.2) is 24.4 Å². The van der Waals surface area contributed by atoms with Gasteiger partial charge in [0, 0.05) is 0 Å². The summed E-state index contributed by atoms with van der Waals surface area (Å²) in [5.74, 6) is 0.831. The zero-order valence-electron chi connectivity index (χ0n) is 8.85. The van der Waals surface area contributed by atoms with Gasteiger partial charge in [-0.3, -0.25) is 0 Å². The second-order valence-electron chi connectivity index (χ2n) is 3.76. The number of hydrogen-bond acceptors (Lipinski definition) is 3. The van der Waals surface area contributed by atoms with Crippen molar-refractivity contribution in [3.63, 3.8) is 0 Å². The molecule has 82 valence electrons. The molecule has 1 heterocycles. The Morgan fingerprint density at radius 1 is 1.47 bits per heavy atom. The highest BCUT2D eigenvalue weighted by Crippen LogP contribution is 2.20. The lowest BCUT2D eigenvalue weighted by Gasteiger charge is -2.09. The van der Waals surface area contributed by atoms with Gasteiger partial charge in [-0.15, -0.1) is 0 Å². The number of hydrogen-bond donors (Lipinski definition) is 1. The van der Waals surface area contributed by atoms with Gasteiger partial charge in [0.05, 0.1) is 12.7 Å². The summed E-state index contributed by atoms with van der Waals surface area (Å²) in [5.41, 5.74) is 0.938. The highest BCUT2D eigenvalue weighted by molar-refractivity contribution is 5.28. The fraction of sp³-hybridized carbons (Fsp3) is 0.500. The second kappa shape index (κ2) is 4.64. The van der Waals surface area contributed by atoms with Gasteiger partial charge in [0.25, 0.3) is 0 Å². The van der Waals surface area contributed by atoms with Crippen LogP contribution in [0, 0.1) is 0 Å². The number of aliphatic hydroxyl groups excluding tert-OH is 1. The van der Waals surface area contributed by atoms with Gasteiger partial charge in [0.15, 0.2) is 0 Å². The third-order valence-corrected chi connectivity index (χ3v) is 2.49. The quantitative estimate of drug-likeness (QED) is 0.751. The van der Waals surface area contributed by atoms with Crippen LogP contribution >= 0.6 is 0 Å². The van der Waals surface area contributed by atoms with Crippen molar-refractivity contribution in [1.82, 2.24) is 0 Å². The Hall–Kier alpha value is -1.06. The van der Waals surface area contributed by atoms with E-state index in [9.17, 15) is 5.11 Å². The minimum absolute atomic E-state index is 0.283. The molecule has 0 radical (unpaired) electrons. The van der Waals surface area contributed by atoms with Gasteiger partial charge < -0.3 is 14.6 Å². The molecular formula is C12H16O3. The maximum Gasteiger partial charge on any atom is 0.119 e. The number of aliphatic hydroxyl groups is 1. The Kier molecular flexibility index (Phi) is 3.23. The molecule has 1 aromatic carbocycles. The first kappa shape index (κ1) is 10.5. The van der Waals surface area contributed by atoms with Crippen LogP contribution in [0.25, 0.3) is 0 Å². The summed E-state index contributed by atoms with van der Waals surface area (Å²) >= 11 is 0. The molecule has 2 unspecified atom stereocenters. The molecule has 1 N–H and O–H groups in total. The number of rotatable bonds is 5. The molecule has 2 atom stereocenters. The average molecular weight is 208 g/mol. The summed E-state index contributed by atoms with van der Waals surface area (Å²) in [5, 5.41) is 9.59.